The van der Waals surface area contributed by atoms with E-state index in [1.807, 2.05) is 48.5 Å². The molecule has 1 fully saturated rings. The van der Waals surface area contributed by atoms with Crippen molar-refractivity contribution in [3.63, 3.8) is 0 Å². The Morgan fingerprint density at radius 1 is 0.931 bits per heavy atom. The van der Waals surface area contributed by atoms with Crippen molar-refractivity contribution >= 4 is 22.6 Å². The quantitative estimate of drug-likeness (QED) is 0.713. The summed E-state index contributed by atoms with van der Waals surface area (Å²) in [5.41, 5.74) is 3.15. The van der Waals surface area contributed by atoms with E-state index in [0.29, 0.717) is 0 Å². The zero-order valence-electron chi connectivity index (χ0n) is 17.2. The minimum atomic E-state index is -0.700. The number of amides is 1. The summed E-state index contributed by atoms with van der Waals surface area (Å²) < 4.78 is 5.22. The predicted octanol–water partition coefficient (Wildman–Crippen LogP) is 4.61. The lowest BCUT2D eigenvalue weighted by atomic mass is 9.63. The number of nitrogens with one attached hydrogen (secondary N) is 1. The van der Waals surface area contributed by atoms with Gasteiger partial charge in [0.15, 0.2) is 0 Å². The Labute approximate surface area is 170 Å². The number of carbonyl (C=O) groups is 1. The zero-order valence-corrected chi connectivity index (χ0v) is 17.2. The third-order valence-electron chi connectivity index (χ3n) is 7.68. The smallest absolute Gasteiger partial charge is 0.237 e. The molecule has 0 aliphatic heterocycles. The molecule has 5 rings (SSSR count). The van der Waals surface area contributed by atoms with Crippen LogP contribution in [0.1, 0.15) is 45.0 Å². The van der Waals surface area contributed by atoms with Crippen LogP contribution in [-0.4, -0.2) is 23.0 Å². The molecular formula is C24H25N3O2. The summed E-state index contributed by atoms with van der Waals surface area (Å²) in [5, 5.41) is 3.15. The number of hydrogen-bond acceptors (Lipinski definition) is 4. The second-order valence-corrected chi connectivity index (χ2v) is 8.95. The van der Waals surface area contributed by atoms with Crippen LogP contribution >= 0.6 is 0 Å². The first-order chi connectivity index (χ1) is 13.8. The van der Waals surface area contributed by atoms with Crippen LogP contribution in [0, 0.1) is 5.41 Å². The van der Waals surface area contributed by atoms with Gasteiger partial charge >= 0.3 is 0 Å². The van der Waals surface area contributed by atoms with E-state index in [1.165, 1.54) is 0 Å². The molecule has 2 aromatic carbocycles. The van der Waals surface area contributed by atoms with Crippen LogP contribution in [0.15, 0.2) is 48.5 Å². The first kappa shape index (κ1) is 18.1. The topological polar surface area (TPSA) is 64.1 Å². The molecule has 1 amide bonds. The Hall–Kier alpha value is -2.95. The average Bonchev–Trinajstić information content (AvgIpc) is 3.02. The molecular weight excluding hydrogens is 362 g/mol. The molecule has 0 radical (unpaired) electrons. The van der Waals surface area contributed by atoms with Crippen molar-refractivity contribution in [3.8, 4) is 5.75 Å². The van der Waals surface area contributed by atoms with E-state index >= 15 is 0 Å². The van der Waals surface area contributed by atoms with Gasteiger partial charge in [0.2, 0.25) is 5.91 Å². The molecule has 1 saturated carbocycles. The average molecular weight is 387 g/mol. The third-order valence-corrected chi connectivity index (χ3v) is 7.68. The molecule has 1 heterocycles. The highest BCUT2D eigenvalue weighted by molar-refractivity contribution is 6.02. The van der Waals surface area contributed by atoms with Gasteiger partial charge in [0.25, 0.3) is 0 Å². The fraction of sp³-hybridized carbons (Fsp3) is 0.375. The summed E-state index contributed by atoms with van der Waals surface area (Å²) in [5.74, 6) is 0.762. The highest BCUT2D eigenvalue weighted by Gasteiger charge is 2.73. The second-order valence-electron chi connectivity index (χ2n) is 8.95. The maximum absolute atomic E-state index is 13.8. The lowest BCUT2D eigenvalue weighted by Gasteiger charge is -2.39. The molecule has 3 aromatic rings. The fourth-order valence-electron chi connectivity index (χ4n) is 5.46. The third kappa shape index (κ3) is 2.13. The van der Waals surface area contributed by atoms with Crippen molar-refractivity contribution in [1.82, 2.24) is 9.97 Å². The van der Waals surface area contributed by atoms with Crippen LogP contribution in [-0.2, 0) is 15.6 Å². The highest BCUT2D eigenvalue weighted by Crippen LogP contribution is 2.70. The number of para-hydroxylation sites is 2. The molecule has 2 aliphatic rings. The molecule has 29 heavy (non-hydrogen) atoms. The van der Waals surface area contributed by atoms with Gasteiger partial charge in [-0.1, -0.05) is 32.9 Å². The van der Waals surface area contributed by atoms with Crippen LogP contribution in [0.2, 0.25) is 0 Å². The van der Waals surface area contributed by atoms with Crippen molar-refractivity contribution in [2.24, 2.45) is 5.41 Å². The van der Waals surface area contributed by atoms with E-state index in [9.17, 15) is 4.79 Å². The minimum absolute atomic E-state index is 0.000257. The van der Waals surface area contributed by atoms with Crippen LogP contribution in [0.5, 0.6) is 5.75 Å². The Morgan fingerprint density at radius 2 is 1.55 bits per heavy atom. The summed E-state index contributed by atoms with van der Waals surface area (Å²) in [6.45, 7) is 6.63. The molecule has 148 valence electrons. The van der Waals surface area contributed by atoms with Gasteiger partial charge in [-0.05, 0) is 54.7 Å². The summed E-state index contributed by atoms with van der Waals surface area (Å²) >= 11 is 0. The van der Waals surface area contributed by atoms with Crippen LogP contribution in [0.25, 0.3) is 11.0 Å². The molecule has 2 aliphatic carbocycles. The van der Waals surface area contributed by atoms with Crippen molar-refractivity contribution in [2.75, 3.05) is 12.4 Å². The number of fused-ring (bicyclic) bond motifs is 6. The van der Waals surface area contributed by atoms with E-state index < -0.39 is 5.41 Å². The first-order valence-corrected chi connectivity index (χ1v) is 10.1. The van der Waals surface area contributed by atoms with Crippen molar-refractivity contribution in [1.29, 1.82) is 0 Å². The molecule has 0 saturated heterocycles. The monoisotopic (exact) mass is 387 g/mol. The molecule has 2 bridgehead atoms. The van der Waals surface area contributed by atoms with Crippen LogP contribution in [0.3, 0.4) is 0 Å². The second kappa shape index (κ2) is 5.78. The number of ether oxygens (including phenoxy) is 1. The zero-order chi connectivity index (χ0) is 20.4. The van der Waals surface area contributed by atoms with Gasteiger partial charge in [0.1, 0.15) is 5.75 Å². The summed E-state index contributed by atoms with van der Waals surface area (Å²) in [6.07, 6.45) is 1.70. The molecule has 5 nitrogen and oxygen atoms in total. The Kier molecular flexibility index (Phi) is 3.61. The van der Waals surface area contributed by atoms with Gasteiger partial charge in [-0.15, -0.1) is 0 Å². The lowest BCUT2D eigenvalue weighted by Crippen LogP contribution is -2.48. The largest absolute Gasteiger partial charge is 0.497 e. The predicted molar refractivity (Wildman–Crippen MR) is 113 cm³/mol. The molecule has 2 atom stereocenters. The van der Waals surface area contributed by atoms with Gasteiger partial charge < -0.3 is 10.1 Å². The van der Waals surface area contributed by atoms with E-state index in [2.05, 4.69) is 26.1 Å². The Balaban J connectivity index is 1.65. The number of nitrogens with zero attached hydrogens (tertiary/aromatic N) is 2. The van der Waals surface area contributed by atoms with E-state index in [-0.39, 0.29) is 16.7 Å². The van der Waals surface area contributed by atoms with Gasteiger partial charge in [0.05, 0.1) is 34.9 Å². The lowest BCUT2D eigenvalue weighted by molar-refractivity contribution is -0.125. The summed E-state index contributed by atoms with van der Waals surface area (Å²) in [4.78, 5) is 23.8. The number of hydrogen-bond donors (Lipinski definition) is 1. The Morgan fingerprint density at radius 3 is 2.17 bits per heavy atom. The first-order valence-electron chi connectivity index (χ1n) is 10.1. The maximum Gasteiger partial charge on any atom is 0.237 e. The number of methoxy groups -OCH3 is 1. The van der Waals surface area contributed by atoms with Crippen LogP contribution in [0.4, 0.5) is 5.69 Å². The number of benzene rings is 2. The Bertz CT molecular complexity index is 1140. The highest BCUT2D eigenvalue weighted by atomic mass is 16.5. The normalized spacial score (nSPS) is 26.3. The molecule has 5 heteroatoms. The van der Waals surface area contributed by atoms with E-state index in [1.54, 1.807) is 7.11 Å². The van der Waals surface area contributed by atoms with Crippen molar-refractivity contribution < 1.29 is 9.53 Å². The SMILES string of the molecule is COc1ccc(NC(=O)[C@@]23CC[C@@](C)(c4nc5ccccc5nc42)C3(C)C)cc1. The van der Waals surface area contributed by atoms with Crippen LogP contribution < -0.4 is 10.1 Å². The van der Waals surface area contributed by atoms with Gasteiger partial charge in [0, 0.05) is 11.1 Å². The molecule has 0 unspecified atom stereocenters. The standard InChI is InChI=1S/C24H25N3O2/c1-22(2)23(3)13-14-24(22,21(28)25-15-9-11-16(29-4)12-10-15)20-19(23)26-17-7-5-6-8-18(17)27-20/h5-12H,13-14H2,1-4H3,(H,25,28)/t23-,24+/m0/s1. The summed E-state index contributed by atoms with van der Waals surface area (Å²) in [6, 6.07) is 15.4. The molecule has 1 N–H and O–H groups in total. The maximum atomic E-state index is 13.8. The van der Waals surface area contributed by atoms with Gasteiger partial charge in [-0.3, -0.25) is 4.79 Å². The molecule has 0 spiro atoms. The van der Waals surface area contributed by atoms with Crippen molar-refractivity contribution in [2.45, 2.75) is 44.4 Å². The van der Waals surface area contributed by atoms with E-state index in [4.69, 9.17) is 14.7 Å². The number of aromatic nitrogens is 2. The minimum Gasteiger partial charge on any atom is -0.497 e. The van der Waals surface area contributed by atoms with Crippen molar-refractivity contribution in [3.05, 3.63) is 59.9 Å². The summed E-state index contributed by atoms with van der Waals surface area (Å²) in [7, 11) is 1.63. The van der Waals surface area contributed by atoms with Gasteiger partial charge in [-0.25, -0.2) is 9.97 Å². The fourth-order valence-corrected chi connectivity index (χ4v) is 5.46. The van der Waals surface area contributed by atoms with Gasteiger partial charge in [-0.2, -0.15) is 0 Å². The number of rotatable bonds is 3. The number of carbonyl (C=O) groups excluding carboxylic acids is 1. The van der Waals surface area contributed by atoms with E-state index in [0.717, 1.165) is 46.7 Å². The molecule has 1 aromatic heterocycles. The number of anilines is 1.